The molecule has 6 heteroatoms. The van der Waals surface area contributed by atoms with Crippen LogP contribution in [-0.4, -0.2) is 17.7 Å². The van der Waals surface area contributed by atoms with Gasteiger partial charge in [0.2, 0.25) is 5.91 Å². The summed E-state index contributed by atoms with van der Waals surface area (Å²) in [5.41, 5.74) is 2.00. The molecule has 1 atom stereocenters. The van der Waals surface area contributed by atoms with Crippen LogP contribution < -0.4 is 5.32 Å². The summed E-state index contributed by atoms with van der Waals surface area (Å²) in [6.45, 7) is 3.45. The SMILES string of the molecule is Cc1cccc2c1NC(=O)C(C)N=C2c1cccc(C(F)(F)F)c1. The number of halogens is 3. The van der Waals surface area contributed by atoms with Crippen LogP contribution in [0.15, 0.2) is 47.5 Å². The van der Waals surface area contributed by atoms with Crippen molar-refractivity contribution in [2.45, 2.75) is 26.1 Å². The standard InChI is InChI=1S/C18H15F3N2O/c1-10-5-3-8-14-15(10)23-17(24)11(2)22-16(14)12-6-4-7-13(9-12)18(19,20)21/h3-9,11H,1-2H3,(H,23,24). The lowest BCUT2D eigenvalue weighted by Crippen LogP contribution is -2.22. The summed E-state index contributed by atoms with van der Waals surface area (Å²) in [4.78, 5) is 16.5. The second-order valence-electron chi connectivity index (χ2n) is 5.72. The second-order valence-corrected chi connectivity index (χ2v) is 5.72. The molecule has 0 aromatic heterocycles. The van der Waals surface area contributed by atoms with E-state index in [1.54, 1.807) is 25.1 Å². The zero-order chi connectivity index (χ0) is 17.5. The Labute approximate surface area is 137 Å². The van der Waals surface area contributed by atoms with Crippen LogP contribution in [0.2, 0.25) is 0 Å². The van der Waals surface area contributed by atoms with Crippen molar-refractivity contribution in [2.75, 3.05) is 5.32 Å². The van der Waals surface area contributed by atoms with Gasteiger partial charge in [-0.15, -0.1) is 0 Å². The molecule has 3 nitrogen and oxygen atoms in total. The first-order valence-electron chi connectivity index (χ1n) is 7.43. The molecule has 1 heterocycles. The first-order chi connectivity index (χ1) is 11.3. The molecule has 2 aromatic rings. The van der Waals surface area contributed by atoms with Crippen molar-refractivity contribution in [2.24, 2.45) is 4.99 Å². The number of aryl methyl sites for hydroxylation is 1. The second kappa shape index (κ2) is 5.78. The molecule has 0 saturated carbocycles. The van der Waals surface area contributed by atoms with Crippen molar-refractivity contribution in [3.63, 3.8) is 0 Å². The fourth-order valence-corrected chi connectivity index (χ4v) is 2.65. The lowest BCUT2D eigenvalue weighted by atomic mass is 9.97. The number of para-hydroxylation sites is 1. The fraction of sp³-hybridized carbons (Fsp3) is 0.222. The third-order valence-electron chi connectivity index (χ3n) is 3.94. The highest BCUT2D eigenvalue weighted by Crippen LogP contribution is 2.32. The number of carbonyl (C=O) groups excluding carboxylic acids is 1. The van der Waals surface area contributed by atoms with E-state index in [4.69, 9.17) is 0 Å². The van der Waals surface area contributed by atoms with Gasteiger partial charge in [0.1, 0.15) is 6.04 Å². The molecule has 124 valence electrons. The van der Waals surface area contributed by atoms with E-state index < -0.39 is 17.8 Å². The fourth-order valence-electron chi connectivity index (χ4n) is 2.65. The molecule has 1 amide bonds. The van der Waals surface area contributed by atoms with E-state index in [9.17, 15) is 18.0 Å². The number of alkyl halides is 3. The van der Waals surface area contributed by atoms with Crippen LogP contribution in [0.3, 0.4) is 0 Å². The topological polar surface area (TPSA) is 41.5 Å². The number of benzene rings is 2. The maximum atomic E-state index is 13.0. The molecular formula is C18H15F3N2O. The lowest BCUT2D eigenvalue weighted by molar-refractivity contribution is -0.137. The van der Waals surface area contributed by atoms with Crippen LogP contribution in [0, 0.1) is 6.92 Å². The molecule has 2 aromatic carbocycles. The van der Waals surface area contributed by atoms with Gasteiger partial charge in [-0.05, 0) is 31.5 Å². The van der Waals surface area contributed by atoms with E-state index in [-0.39, 0.29) is 5.91 Å². The molecule has 0 saturated heterocycles. The van der Waals surface area contributed by atoms with E-state index in [1.807, 2.05) is 13.0 Å². The van der Waals surface area contributed by atoms with E-state index >= 15 is 0 Å². The first-order valence-corrected chi connectivity index (χ1v) is 7.43. The number of rotatable bonds is 1. The van der Waals surface area contributed by atoms with Crippen LogP contribution in [0.25, 0.3) is 0 Å². The summed E-state index contributed by atoms with van der Waals surface area (Å²) in [5.74, 6) is -0.285. The molecular weight excluding hydrogens is 317 g/mol. The van der Waals surface area contributed by atoms with Crippen molar-refractivity contribution >= 4 is 17.3 Å². The van der Waals surface area contributed by atoms with Gasteiger partial charge in [0.15, 0.2) is 0 Å². The van der Waals surface area contributed by atoms with Crippen LogP contribution in [0.4, 0.5) is 18.9 Å². The summed E-state index contributed by atoms with van der Waals surface area (Å²) in [6.07, 6.45) is -4.43. The smallest absolute Gasteiger partial charge is 0.323 e. The Morgan fingerprint density at radius 1 is 1.12 bits per heavy atom. The van der Waals surface area contributed by atoms with Crippen LogP contribution in [0.5, 0.6) is 0 Å². The zero-order valence-corrected chi connectivity index (χ0v) is 13.1. The number of fused-ring (bicyclic) bond motifs is 1. The van der Waals surface area contributed by atoms with Crippen LogP contribution in [-0.2, 0) is 11.0 Å². The minimum Gasteiger partial charge on any atom is -0.323 e. The Morgan fingerprint density at radius 2 is 1.83 bits per heavy atom. The number of hydrogen-bond acceptors (Lipinski definition) is 2. The van der Waals surface area contributed by atoms with Gasteiger partial charge in [-0.2, -0.15) is 13.2 Å². The molecule has 1 N–H and O–H groups in total. The summed E-state index contributed by atoms with van der Waals surface area (Å²) in [5, 5.41) is 2.81. The average Bonchev–Trinajstić information content (AvgIpc) is 2.65. The average molecular weight is 332 g/mol. The molecule has 0 spiro atoms. The van der Waals surface area contributed by atoms with Gasteiger partial charge in [-0.3, -0.25) is 9.79 Å². The molecule has 1 aliphatic heterocycles. The molecule has 0 fully saturated rings. The van der Waals surface area contributed by atoms with E-state index in [0.29, 0.717) is 22.5 Å². The summed E-state index contributed by atoms with van der Waals surface area (Å²) in [6, 6.07) is 9.68. The molecule has 0 bridgehead atoms. The Morgan fingerprint density at radius 3 is 2.54 bits per heavy atom. The van der Waals surface area contributed by atoms with E-state index in [0.717, 1.165) is 17.7 Å². The third-order valence-corrected chi connectivity index (χ3v) is 3.94. The molecule has 0 radical (unpaired) electrons. The van der Waals surface area contributed by atoms with Crippen molar-refractivity contribution < 1.29 is 18.0 Å². The van der Waals surface area contributed by atoms with Crippen molar-refractivity contribution in [1.82, 2.24) is 0 Å². The minimum absolute atomic E-state index is 0.285. The Kier molecular flexibility index (Phi) is 3.91. The van der Waals surface area contributed by atoms with Gasteiger partial charge in [-0.25, -0.2) is 0 Å². The van der Waals surface area contributed by atoms with Gasteiger partial charge < -0.3 is 5.32 Å². The predicted octanol–water partition coefficient (Wildman–Crippen LogP) is 4.19. The minimum atomic E-state index is -4.43. The number of anilines is 1. The van der Waals surface area contributed by atoms with Gasteiger partial charge in [0, 0.05) is 11.1 Å². The Bertz CT molecular complexity index is 840. The van der Waals surface area contributed by atoms with Gasteiger partial charge in [-0.1, -0.05) is 30.3 Å². The summed E-state index contributed by atoms with van der Waals surface area (Å²) < 4.78 is 39.0. The van der Waals surface area contributed by atoms with Crippen LogP contribution >= 0.6 is 0 Å². The molecule has 3 rings (SSSR count). The van der Waals surface area contributed by atoms with E-state index in [1.165, 1.54) is 6.07 Å². The number of benzodiazepines with no additional fused rings is 1. The quantitative estimate of drug-likeness (QED) is 0.836. The largest absolute Gasteiger partial charge is 0.416 e. The van der Waals surface area contributed by atoms with Gasteiger partial charge in [0.05, 0.1) is 17.0 Å². The monoisotopic (exact) mass is 332 g/mol. The summed E-state index contributed by atoms with van der Waals surface area (Å²) in [7, 11) is 0. The molecule has 1 aliphatic rings. The Balaban J connectivity index is 2.22. The van der Waals surface area contributed by atoms with Crippen LogP contribution in [0.1, 0.15) is 29.2 Å². The highest BCUT2D eigenvalue weighted by Gasteiger charge is 2.31. The number of carbonyl (C=O) groups is 1. The maximum Gasteiger partial charge on any atom is 0.416 e. The predicted molar refractivity (Wildman–Crippen MR) is 86.4 cm³/mol. The van der Waals surface area contributed by atoms with Gasteiger partial charge in [0.25, 0.3) is 0 Å². The zero-order valence-electron chi connectivity index (χ0n) is 13.1. The summed E-state index contributed by atoms with van der Waals surface area (Å²) >= 11 is 0. The number of nitrogens with zero attached hydrogens (tertiary/aromatic N) is 1. The highest BCUT2D eigenvalue weighted by molar-refractivity contribution is 6.20. The van der Waals surface area contributed by atoms with E-state index in [2.05, 4.69) is 10.3 Å². The molecule has 0 aliphatic carbocycles. The first kappa shape index (κ1) is 16.2. The Hall–Kier alpha value is -2.63. The molecule has 1 unspecified atom stereocenters. The van der Waals surface area contributed by atoms with Crippen molar-refractivity contribution in [3.05, 3.63) is 64.7 Å². The van der Waals surface area contributed by atoms with Crippen molar-refractivity contribution in [1.29, 1.82) is 0 Å². The van der Waals surface area contributed by atoms with Crippen molar-refractivity contribution in [3.8, 4) is 0 Å². The third kappa shape index (κ3) is 2.91. The number of aliphatic imine (C=N–C) groups is 1. The normalized spacial score (nSPS) is 17.6. The highest BCUT2D eigenvalue weighted by atomic mass is 19.4. The lowest BCUT2D eigenvalue weighted by Gasteiger charge is -2.14. The number of nitrogens with one attached hydrogen (secondary N) is 1. The maximum absolute atomic E-state index is 13.0. The van der Waals surface area contributed by atoms with Gasteiger partial charge >= 0.3 is 6.18 Å². The molecule has 24 heavy (non-hydrogen) atoms. The number of amides is 1. The number of hydrogen-bond donors (Lipinski definition) is 1.